The Kier molecular flexibility index (Phi) is 2.76. The molecule has 9 heteroatoms. The van der Waals surface area contributed by atoms with Crippen LogP contribution in [0.25, 0.3) is 0 Å². The molecule has 0 bridgehead atoms. The van der Waals surface area contributed by atoms with Crippen molar-refractivity contribution < 1.29 is 26.7 Å². The van der Waals surface area contributed by atoms with Gasteiger partial charge in [-0.3, -0.25) is 8.86 Å². The molecule has 0 aromatic heterocycles. The van der Waals surface area contributed by atoms with Gasteiger partial charge in [0.25, 0.3) is 0 Å². The summed E-state index contributed by atoms with van der Waals surface area (Å²) < 4.78 is 41.0. The van der Waals surface area contributed by atoms with Crippen LogP contribution in [0.2, 0.25) is 0 Å². The fourth-order valence-electron chi connectivity index (χ4n) is 0.0544. The van der Waals surface area contributed by atoms with Crippen molar-refractivity contribution in [1.29, 1.82) is 0 Å². The Hall–Kier alpha value is 0.490. The third kappa shape index (κ3) is 2.29. The molecule has 0 aliphatic heterocycles. The van der Waals surface area contributed by atoms with Crippen molar-refractivity contribution in [1.82, 2.24) is 0 Å². The molecule has 0 spiro atoms. The molecule has 0 rings (SSSR count). The summed E-state index contributed by atoms with van der Waals surface area (Å²) in [5.41, 5.74) is 0. The van der Waals surface area contributed by atoms with E-state index in [1.807, 2.05) is 0 Å². The topological polar surface area (TPSA) is 101 Å². The smallest absolute Gasteiger partial charge is 0.311 e. The molecule has 0 aliphatic carbocycles. The van der Waals surface area contributed by atoms with Gasteiger partial charge in [-0.1, -0.05) is 0 Å². The average molecular weight is 194 g/mol. The van der Waals surface area contributed by atoms with Gasteiger partial charge in [0.05, 0.1) is 0 Å². The summed E-state index contributed by atoms with van der Waals surface area (Å²) in [5.74, 6) is 0. The van der Waals surface area contributed by atoms with Gasteiger partial charge >= 0.3 is 16.5 Å². The van der Waals surface area contributed by atoms with Crippen LogP contribution < -0.4 is 0 Å². The highest BCUT2D eigenvalue weighted by molar-refractivity contribution is 8.46. The molecule has 0 aromatic carbocycles. The number of hydrogen-bond donors (Lipinski definition) is 2. The Morgan fingerprint density at radius 1 is 1.56 bits per heavy atom. The SMILES string of the molecule is O=P(O)(OP)S(=O)(=O)O. The van der Waals surface area contributed by atoms with Gasteiger partial charge in [0.1, 0.15) is 0 Å². The minimum Gasteiger partial charge on any atom is -0.311 e. The van der Waals surface area contributed by atoms with Gasteiger partial charge in [0.15, 0.2) is 0 Å². The molecule has 2 N–H and O–H groups in total. The van der Waals surface area contributed by atoms with Gasteiger partial charge in [-0.2, -0.15) is 8.42 Å². The Bertz CT molecular complexity index is 223. The highest BCUT2D eigenvalue weighted by Gasteiger charge is 2.34. The molecule has 0 fully saturated rings. The maximum atomic E-state index is 10.1. The molecule has 9 heavy (non-hydrogen) atoms. The summed E-state index contributed by atoms with van der Waals surface area (Å²) in [6, 6.07) is 0. The molecule has 0 amide bonds. The van der Waals surface area contributed by atoms with Crippen LogP contribution in [0.3, 0.4) is 0 Å². The standard InChI is InChI=1S/H4O6P2S/c1-8(2,6-7)9(3,4)5/h7H2,(H,1,2)(H,3,4,5). The first-order valence-electron chi connectivity index (χ1n) is 1.50. The number of hydrogen-bond acceptors (Lipinski definition) is 4. The lowest BCUT2D eigenvalue weighted by molar-refractivity contribution is 0.401. The molecule has 0 aromatic rings. The number of rotatable bonds is 2. The van der Waals surface area contributed by atoms with Crippen LogP contribution in [0.1, 0.15) is 0 Å². The van der Waals surface area contributed by atoms with Crippen LogP contribution in [-0.2, 0) is 18.6 Å². The van der Waals surface area contributed by atoms with Crippen LogP contribution in [0.4, 0.5) is 0 Å². The zero-order valence-electron chi connectivity index (χ0n) is 3.96. The van der Waals surface area contributed by atoms with E-state index in [1.165, 1.54) is 9.47 Å². The lowest BCUT2D eigenvalue weighted by Gasteiger charge is -2.01. The highest BCUT2D eigenvalue weighted by Crippen LogP contribution is 2.49. The monoisotopic (exact) mass is 194 g/mol. The molecule has 2 unspecified atom stereocenters. The van der Waals surface area contributed by atoms with E-state index in [1.54, 1.807) is 0 Å². The molecular formula is H4O6P2S. The zero-order valence-corrected chi connectivity index (χ0v) is 6.83. The van der Waals surface area contributed by atoms with Crippen LogP contribution in [0.15, 0.2) is 0 Å². The molecule has 2 atom stereocenters. The lowest BCUT2D eigenvalue weighted by Crippen LogP contribution is -1.97. The van der Waals surface area contributed by atoms with Crippen molar-refractivity contribution in [3.63, 3.8) is 0 Å². The third-order valence-electron chi connectivity index (χ3n) is 0.425. The van der Waals surface area contributed by atoms with E-state index in [-0.39, 0.29) is 0 Å². The largest absolute Gasteiger partial charge is 0.471 e. The Labute approximate surface area is 53.5 Å². The zero-order chi connectivity index (χ0) is 7.71. The second-order valence-corrected chi connectivity index (χ2v) is 6.47. The fourth-order valence-corrected chi connectivity index (χ4v) is 1.47. The van der Waals surface area contributed by atoms with Gasteiger partial charge in [0, 0.05) is 9.47 Å². The average Bonchev–Trinajstić information content (AvgIpc) is 1.64. The molecule has 0 heterocycles. The van der Waals surface area contributed by atoms with Crippen LogP contribution >= 0.6 is 16.3 Å². The minimum absolute atomic E-state index is 1.26. The van der Waals surface area contributed by atoms with Gasteiger partial charge in [-0.15, -0.1) is 0 Å². The van der Waals surface area contributed by atoms with Crippen LogP contribution in [-0.4, -0.2) is 17.9 Å². The second-order valence-electron chi connectivity index (χ2n) is 1.02. The fraction of sp³-hybridized carbons (Fsp3) is 0. The molecule has 56 valence electrons. The molecule has 6 nitrogen and oxygen atoms in total. The van der Waals surface area contributed by atoms with Crippen molar-refractivity contribution >= 4 is 26.0 Å². The first-order valence-corrected chi connectivity index (χ1v) is 5.59. The van der Waals surface area contributed by atoms with Gasteiger partial charge in [-0.25, -0.2) is 4.57 Å². The molecule has 0 saturated heterocycles. The van der Waals surface area contributed by atoms with Crippen molar-refractivity contribution in [3.05, 3.63) is 0 Å². The summed E-state index contributed by atoms with van der Waals surface area (Å²) in [4.78, 5) is 8.13. The Morgan fingerprint density at radius 3 is 1.89 bits per heavy atom. The summed E-state index contributed by atoms with van der Waals surface area (Å²) in [6.45, 7) is -4.87. The van der Waals surface area contributed by atoms with Crippen molar-refractivity contribution in [2.75, 3.05) is 0 Å². The summed E-state index contributed by atoms with van der Waals surface area (Å²) >= 11 is 0. The van der Waals surface area contributed by atoms with E-state index in [0.717, 1.165) is 0 Å². The highest BCUT2D eigenvalue weighted by atomic mass is 32.8. The van der Waals surface area contributed by atoms with E-state index < -0.39 is 16.5 Å². The molecule has 0 saturated carbocycles. The van der Waals surface area contributed by atoms with Crippen molar-refractivity contribution in [2.24, 2.45) is 0 Å². The van der Waals surface area contributed by atoms with E-state index in [9.17, 15) is 13.0 Å². The van der Waals surface area contributed by atoms with Crippen molar-refractivity contribution in [3.8, 4) is 0 Å². The first-order chi connectivity index (χ1) is 3.81. The lowest BCUT2D eigenvalue weighted by atomic mass is 15.8. The van der Waals surface area contributed by atoms with Crippen molar-refractivity contribution in [2.45, 2.75) is 0 Å². The predicted octanol–water partition coefficient (Wildman–Crippen LogP) is -0.219. The van der Waals surface area contributed by atoms with Gasteiger partial charge in [-0.05, 0) is 0 Å². The quantitative estimate of drug-likeness (QED) is 0.465. The predicted molar refractivity (Wildman–Crippen MR) is 32.2 cm³/mol. The first kappa shape index (κ1) is 9.49. The Morgan fingerprint density at radius 2 is 1.89 bits per heavy atom. The van der Waals surface area contributed by atoms with Gasteiger partial charge in [0.2, 0.25) is 0 Å². The van der Waals surface area contributed by atoms with Crippen LogP contribution in [0.5, 0.6) is 0 Å². The summed E-state index contributed by atoms with van der Waals surface area (Å²) in [7, 11) is -3.73. The van der Waals surface area contributed by atoms with E-state index in [2.05, 4.69) is 4.31 Å². The van der Waals surface area contributed by atoms with Crippen LogP contribution in [0, 0.1) is 0 Å². The molecule has 0 aliphatic rings. The van der Waals surface area contributed by atoms with Gasteiger partial charge < -0.3 is 4.89 Å². The molecular weight excluding hydrogens is 190 g/mol. The summed E-state index contributed by atoms with van der Waals surface area (Å²) in [6.07, 6.45) is 0. The van der Waals surface area contributed by atoms with E-state index in [4.69, 9.17) is 9.45 Å². The summed E-state index contributed by atoms with van der Waals surface area (Å²) in [5, 5.41) is 0. The minimum atomic E-state index is -4.98. The van der Waals surface area contributed by atoms with E-state index >= 15 is 0 Å². The maximum absolute atomic E-state index is 10.1. The normalized spacial score (nSPS) is 19.0. The third-order valence-corrected chi connectivity index (χ3v) is 4.60. The second kappa shape index (κ2) is 2.62. The molecule has 0 radical (unpaired) electrons. The Balaban J connectivity index is 4.80. The van der Waals surface area contributed by atoms with E-state index in [0.29, 0.717) is 0 Å². The maximum Gasteiger partial charge on any atom is 0.471 e.